The molecule has 2 aliphatic heterocycles. The molecule has 4 heterocycles. The van der Waals surface area contributed by atoms with Gasteiger partial charge in [-0.05, 0) is 51.0 Å². The van der Waals surface area contributed by atoms with Gasteiger partial charge in [-0.3, -0.25) is 14.6 Å². The number of likely N-dealkylation sites (tertiary alicyclic amines) is 1. The Bertz CT molecular complexity index is 1140. The minimum atomic E-state index is -0.0641. The average Bonchev–Trinajstić information content (AvgIpc) is 3.30. The maximum atomic E-state index is 13.6. The van der Waals surface area contributed by atoms with Crippen molar-refractivity contribution in [2.45, 2.75) is 45.2 Å². The quantitative estimate of drug-likeness (QED) is 0.638. The molecule has 2 amide bonds. The van der Waals surface area contributed by atoms with Crippen molar-refractivity contribution in [3.05, 3.63) is 77.4 Å². The van der Waals surface area contributed by atoms with E-state index in [9.17, 15) is 9.59 Å². The van der Waals surface area contributed by atoms with E-state index in [2.05, 4.69) is 17.0 Å². The number of rotatable bonds is 4. The Morgan fingerprint density at radius 1 is 1.12 bits per heavy atom. The van der Waals surface area contributed by atoms with Crippen molar-refractivity contribution in [3.8, 4) is 5.69 Å². The van der Waals surface area contributed by atoms with E-state index in [1.165, 1.54) is 0 Å². The molecule has 0 bridgehead atoms. The van der Waals surface area contributed by atoms with Crippen molar-refractivity contribution in [1.82, 2.24) is 24.6 Å². The lowest BCUT2D eigenvalue weighted by Crippen LogP contribution is -2.51. The third kappa shape index (κ3) is 3.47. The number of hydrogen-bond acceptors (Lipinski definition) is 4. The fourth-order valence-corrected chi connectivity index (χ4v) is 5.10. The fourth-order valence-electron chi connectivity index (χ4n) is 5.10. The van der Waals surface area contributed by atoms with Crippen molar-refractivity contribution in [1.29, 1.82) is 0 Å². The number of hydrogen-bond donors (Lipinski definition) is 0. The molecule has 7 nitrogen and oxygen atoms in total. The number of benzene rings is 1. The maximum Gasteiger partial charge on any atom is 0.273 e. The molecule has 7 heteroatoms. The number of pyridine rings is 1. The number of para-hydroxylation sites is 1. The van der Waals surface area contributed by atoms with Crippen LogP contribution >= 0.6 is 0 Å². The maximum absolute atomic E-state index is 13.6. The van der Waals surface area contributed by atoms with Gasteiger partial charge in [0, 0.05) is 30.5 Å². The number of fused-ring (bicyclic) bond motifs is 1. The Morgan fingerprint density at radius 2 is 1.91 bits per heavy atom. The lowest BCUT2D eigenvalue weighted by atomic mass is 10.0. The van der Waals surface area contributed by atoms with Gasteiger partial charge in [-0.2, -0.15) is 5.10 Å². The van der Waals surface area contributed by atoms with E-state index >= 15 is 0 Å². The molecule has 3 aromatic rings. The van der Waals surface area contributed by atoms with Gasteiger partial charge in [-0.1, -0.05) is 24.3 Å². The lowest BCUT2D eigenvalue weighted by molar-refractivity contribution is -0.132. The summed E-state index contributed by atoms with van der Waals surface area (Å²) in [6.45, 7) is 5.32. The van der Waals surface area contributed by atoms with Crippen LogP contribution in [0.1, 0.15) is 53.2 Å². The zero-order valence-corrected chi connectivity index (χ0v) is 18.4. The molecule has 2 atom stereocenters. The Morgan fingerprint density at radius 3 is 2.66 bits per heavy atom. The van der Waals surface area contributed by atoms with Crippen LogP contribution in [0.25, 0.3) is 5.69 Å². The summed E-state index contributed by atoms with van der Waals surface area (Å²) in [7, 11) is 0. The second kappa shape index (κ2) is 8.22. The molecule has 5 rings (SSSR count). The molecular weight excluding hydrogens is 402 g/mol. The third-order valence-corrected chi connectivity index (χ3v) is 6.58. The van der Waals surface area contributed by atoms with Crippen LogP contribution in [0.15, 0.2) is 54.7 Å². The molecule has 2 unspecified atom stereocenters. The van der Waals surface area contributed by atoms with Crippen molar-refractivity contribution < 1.29 is 9.59 Å². The zero-order valence-electron chi connectivity index (χ0n) is 18.4. The van der Waals surface area contributed by atoms with Gasteiger partial charge in [0.25, 0.3) is 5.91 Å². The predicted molar refractivity (Wildman–Crippen MR) is 120 cm³/mol. The molecule has 32 heavy (non-hydrogen) atoms. The summed E-state index contributed by atoms with van der Waals surface area (Å²) in [6, 6.07) is 15.3. The Balaban J connectivity index is 1.38. The minimum absolute atomic E-state index is 0.000906. The summed E-state index contributed by atoms with van der Waals surface area (Å²) in [5.41, 5.74) is 4.19. The van der Waals surface area contributed by atoms with Gasteiger partial charge in [0.15, 0.2) is 0 Å². The van der Waals surface area contributed by atoms with Gasteiger partial charge in [0.05, 0.1) is 29.9 Å². The summed E-state index contributed by atoms with van der Waals surface area (Å²) in [5, 5.41) is 4.67. The number of aromatic nitrogens is 3. The van der Waals surface area contributed by atoms with Gasteiger partial charge in [0.2, 0.25) is 5.91 Å². The summed E-state index contributed by atoms with van der Waals surface area (Å²) in [4.78, 5) is 34.7. The average molecular weight is 430 g/mol. The van der Waals surface area contributed by atoms with E-state index in [0.717, 1.165) is 42.0 Å². The first-order chi connectivity index (χ1) is 15.5. The first-order valence-electron chi connectivity index (χ1n) is 11.2. The first-order valence-corrected chi connectivity index (χ1v) is 11.2. The zero-order chi connectivity index (χ0) is 22.2. The van der Waals surface area contributed by atoms with E-state index in [1.807, 2.05) is 65.3 Å². The highest BCUT2D eigenvalue weighted by molar-refractivity contribution is 5.98. The Kier molecular flexibility index (Phi) is 5.25. The summed E-state index contributed by atoms with van der Waals surface area (Å²) >= 11 is 0. The molecule has 1 aromatic carbocycles. The predicted octanol–water partition coefficient (Wildman–Crippen LogP) is 3.33. The van der Waals surface area contributed by atoms with Crippen molar-refractivity contribution in [2.75, 3.05) is 13.1 Å². The van der Waals surface area contributed by atoms with E-state index < -0.39 is 0 Å². The minimum Gasteiger partial charge on any atom is -0.340 e. The Hall–Kier alpha value is -3.48. The van der Waals surface area contributed by atoms with Crippen LogP contribution in [0.5, 0.6) is 0 Å². The summed E-state index contributed by atoms with van der Waals surface area (Å²) < 4.78 is 1.77. The molecule has 2 aliphatic rings. The van der Waals surface area contributed by atoms with Crippen LogP contribution in [-0.4, -0.2) is 55.5 Å². The monoisotopic (exact) mass is 429 g/mol. The molecular formula is C25H27N5O2. The van der Waals surface area contributed by atoms with Gasteiger partial charge in [-0.15, -0.1) is 0 Å². The standard InChI is InChI=1S/C25H27N5O2/c1-17-23-18(2)29(25(32)24(23)30(27-17)20-10-4-3-5-11-20)21-12-8-14-28(16-21)22(31)15-19-9-6-7-13-26-19/h3-7,9-11,13,18,21H,8,12,14-16H2,1-2H3. The van der Waals surface area contributed by atoms with Crippen LogP contribution in [-0.2, 0) is 11.2 Å². The van der Waals surface area contributed by atoms with Crippen molar-refractivity contribution >= 4 is 11.8 Å². The first kappa shape index (κ1) is 20.4. The molecule has 1 fully saturated rings. The third-order valence-electron chi connectivity index (χ3n) is 6.58. The number of carbonyl (C=O) groups excluding carboxylic acids is 2. The van der Waals surface area contributed by atoms with Crippen LogP contribution in [0.2, 0.25) is 0 Å². The van der Waals surface area contributed by atoms with Gasteiger partial charge < -0.3 is 9.80 Å². The highest BCUT2D eigenvalue weighted by Gasteiger charge is 2.44. The smallest absolute Gasteiger partial charge is 0.273 e. The number of aryl methyl sites for hydroxylation is 1. The normalized spacial score (nSPS) is 20.5. The molecule has 1 saturated heterocycles. The van der Waals surface area contributed by atoms with Crippen LogP contribution in [0, 0.1) is 6.92 Å². The second-order valence-corrected chi connectivity index (χ2v) is 8.62. The number of carbonyl (C=O) groups is 2. The second-order valence-electron chi connectivity index (χ2n) is 8.62. The molecule has 164 valence electrons. The largest absolute Gasteiger partial charge is 0.340 e. The van der Waals surface area contributed by atoms with Gasteiger partial charge in [0.1, 0.15) is 5.69 Å². The van der Waals surface area contributed by atoms with Crippen LogP contribution < -0.4 is 0 Å². The van der Waals surface area contributed by atoms with Crippen molar-refractivity contribution in [3.63, 3.8) is 0 Å². The Labute approximate surface area is 187 Å². The van der Waals surface area contributed by atoms with Gasteiger partial charge in [-0.25, -0.2) is 4.68 Å². The van der Waals surface area contributed by atoms with E-state index in [1.54, 1.807) is 10.9 Å². The number of amides is 2. The summed E-state index contributed by atoms with van der Waals surface area (Å²) in [5.74, 6) is 0.0674. The molecule has 0 N–H and O–H groups in total. The fraction of sp³-hybridized carbons (Fsp3) is 0.360. The molecule has 0 radical (unpaired) electrons. The van der Waals surface area contributed by atoms with Crippen molar-refractivity contribution in [2.24, 2.45) is 0 Å². The van der Waals surface area contributed by atoms with Crippen LogP contribution in [0.3, 0.4) is 0 Å². The van der Waals surface area contributed by atoms with Crippen LogP contribution in [0.4, 0.5) is 0 Å². The summed E-state index contributed by atoms with van der Waals surface area (Å²) in [6.07, 6.45) is 3.78. The van der Waals surface area contributed by atoms with E-state index in [4.69, 9.17) is 0 Å². The highest BCUT2D eigenvalue weighted by Crippen LogP contribution is 2.39. The molecule has 0 spiro atoms. The molecule has 0 aliphatic carbocycles. The lowest BCUT2D eigenvalue weighted by Gasteiger charge is -2.39. The van der Waals surface area contributed by atoms with E-state index in [-0.39, 0.29) is 23.9 Å². The SMILES string of the molecule is Cc1nn(-c2ccccc2)c2c1C(C)N(C1CCCN(C(=O)Cc3ccccn3)C1)C2=O. The van der Waals surface area contributed by atoms with Gasteiger partial charge >= 0.3 is 0 Å². The number of piperidine rings is 1. The molecule has 2 aromatic heterocycles. The highest BCUT2D eigenvalue weighted by atomic mass is 16.2. The molecule has 0 saturated carbocycles. The number of nitrogens with zero attached hydrogens (tertiary/aromatic N) is 5. The van der Waals surface area contributed by atoms with E-state index in [0.29, 0.717) is 18.7 Å². The topological polar surface area (TPSA) is 71.3 Å².